The van der Waals surface area contributed by atoms with Gasteiger partial charge in [0.1, 0.15) is 17.9 Å². The van der Waals surface area contributed by atoms with E-state index in [1.54, 1.807) is 12.1 Å². The molecule has 0 amide bonds. The van der Waals surface area contributed by atoms with E-state index in [0.717, 1.165) is 11.3 Å². The Kier molecular flexibility index (Phi) is 4.25. The average Bonchev–Trinajstić information content (AvgIpc) is 3.17. The second-order valence-corrected chi connectivity index (χ2v) is 6.06. The Hall–Kier alpha value is -3.74. The minimum Gasteiger partial charge on any atom is -0.454 e. The number of benzene rings is 1. The number of aromatic amines is 1. The predicted octanol–water partition coefficient (Wildman–Crippen LogP) is 2.75. The van der Waals surface area contributed by atoms with Crippen LogP contribution < -0.4 is 5.56 Å². The van der Waals surface area contributed by atoms with Crippen molar-refractivity contribution in [3.05, 3.63) is 88.1 Å². The molecule has 4 aromatic rings. The highest BCUT2D eigenvalue weighted by Gasteiger charge is 2.13. The number of carbonyl (C=O) groups is 1. The average molecular weight is 360 g/mol. The van der Waals surface area contributed by atoms with E-state index in [4.69, 9.17) is 4.74 Å². The molecular formula is C20H16N4O3. The summed E-state index contributed by atoms with van der Waals surface area (Å²) in [5.41, 5.74) is 3.27. The molecule has 0 unspecified atom stereocenters. The Morgan fingerprint density at radius 2 is 1.93 bits per heavy atom. The van der Waals surface area contributed by atoms with Crippen LogP contribution in [0, 0.1) is 6.92 Å². The van der Waals surface area contributed by atoms with Gasteiger partial charge >= 0.3 is 5.97 Å². The number of pyridine rings is 1. The number of hydrogen-bond donors (Lipinski definition) is 1. The third-order valence-corrected chi connectivity index (χ3v) is 4.15. The van der Waals surface area contributed by atoms with Crippen molar-refractivity contribution in [3.63, 3.8) is 0 Å². The van der Waals surface area contributed by atoms with Gasteiger partial charge in [0.25, 0.3) is 5.56 Å². The number of hydrogen-bond acceptors (Lipinski definition) is 5. The van der Waals surface area contributed by atoms with Crippen LogP contribution in [0.3, 0.4) is 0 Å². The van der Waals surface area contributed by atoms with E-state index < -0.39 is 5.97 Å². The second-order valence-electron chi connectivity index (χ2n) is 6.06. The van der Waals surface area contributed by atoms with E-state index >= 15 is 0 Å². The highest BCUT2D eigenvalue weighted by atomic mass is 16.5. The number of H-pyrrole nitrogens is 1. The summed E-state index contributed by atoms with van der Waals surface area (Å²) in [6, 6.07) is 17.9. The number of carbonyl (C=O) groups excluding carboxylic acids is 1. The lowest BCUT2D eigenvalue weighted by Gasteiger charge is -2.07. The van der Waals surface area contributed by atoms with Crippen LogP contribution in [0.2, 0.25) is 0 Å². The second kappa shape index (κ2) is 6.87. The van der Waals surface area contributed by atoms with Crippen molar-refractivity contribution in [2.75, 3.05) is 0 Å². The molecule has 1 N–H and O–H groups in total. The maximum absolute atomic E-state index is 12.3. The smallest absolute Gasteiger partial charge is 0.356 e. The third-order valence-electron chi connectivity index (χ3n) is 4.15. The van der Waals surface area contributed by atoms with E-state index in [9.17, 15) is 9.59 Å². The lowest BCUT2D eigenvalue weighted by Crippen LogP contribution is -2.18. The molecule has 0 aliphatic carbocycles. The normalized spacial score (nSPS) is 10.9. The topological polar surface area (TPSA) is 89.3 Å². The number of aryl methyl sites for hydroxylation is 1. The molecule has 0 aliphatic rings. The molecule has 1 aromatic carbocycles. The fourth-order valence-corrected chi connectivity index (χ4v) is 2.84. The van der Waals surface area contributed by atoms with Gasteiger partial charge in [-0.2, -0.15) is 5.10 Å². The zero-order chi connectivity index (χ0) is 18.8. The van der Waals surface area contributed by atoms with Crippen LogP contribution in [0.4, 0.5) is 0 Å². The lowest BCUT2D eigenvalue weighted by molar-refractivity contribution is 0.0460. The molecule has 0 fully saturated rings. The van der Waals surface area contributed by atoms with E-state index in [-0.39, 0.29) is 17.9 Å². The lowest BCUT2D eigenvalue weighted by atomic mass is 10.1. The summed E-state index contributed by atoms with van der Waals surface area (Å²) in [6.07, 6.45) is 0. The van der Waals surface area contributed by atoms with Crippen LogP contribution in [0.15, 0.2) is 65.5 Å². The number of esters is 1. The van der Waals surface area contributed by atoms with Crippen molar-refractivity contribution in [2.45, 2.75) is 13.5 Å². The predicted molar refractivity (Wildman–Crippen MR) is 99.3 cm³/mol. The number of rotatable bonds is 4. The number of fused-ring (bicyclic) bond motifs is 1. The van der Waals surface area contributed by atoms with Gasteiger partial charge in [-0.3, -0.25) is 14.3 Å². The van der Waals surface area contributed by atoms with Gasteiger partial charge in [0, 0.05) is 17.3 Å². The maximum Gasteiger partial charge on any atom is 0.356 e. The molecule has 0 atom stereocenters. The Morgan fingerprint density at radius 1 is 1.11 bits per heavy atom. The molecule has 27 heavy (non-hydrogen) atoms. The molecule has 0 saturated heterocycles. The van der Waals surface area contributed by atoms with Crippen molar-refractivity contribution in [2.24, 2.45) is 0 Å². The summed E-state index contributed by atoms with van der Waals surface area (Å²) in [6.45, 7) is 1.73. The van der Waals surface area contributed by atoms with Crippen LogP contribution in [-0.2, 0) is 11.3 Å². The Morgan fingerprint density at radius 3 is 2.74 bits per heavy atom. The van der Waals surface area contributed by atoms with E-state index in [1.165, 1.54) is 10.5 Å². The van der Waals surface area contributed by atoms with Gasteiger partial charge in [0.2, 0.25) is 0 Å². The largest absolute Gasteiger partial charge is 0.454 e. The first-order valence-electron chi connectivity index (χ1n) is 8.38. The number of ether oxygens (including phenoxy) is 1. The Balaban J connectivity index is 1.51. The highest BCUT2D eigenvalue weighted by Crippen LogP contribution is 2.17. The zero-order valence-electron chi connectivity index (χ0n) is 14.5. The Labute approximate surface area is 154 Å². The van der Waals surface area contributed by atoms with Crippen molar-refractivity contribution in [3.8, 4) is 11.3 Å². The monoisotopic (exact) mass is 360 g/mol. The Bertz CT molecular complexity index is 1180. The van der Waals surface area contributed by atoms with Crippen molar-refractivity contribution in [1.29, 1.82) is 0 Å². The van der Waals surface area contributed by atoms with Crippen LogP contribution in [0.1, 0.15) is 21.9 Å². The molecule has 7 nitrogen and oxygen atoms in total. The van der Waals surface area contributed by atoms with Crippen LogP contribution in [0.5, 0.6) is 0 Å². The summed E-state index contributed by atoms with van der Waals surface area (Å²) >= 11 is 0. The number of nitrogens with zero attached hydrogens (tertiary/aromatic N) is 3. The first-order valence-corrected chi connectivity index (χ1v) is 8.38. The molecule has 7 heteroatoms. The summed E-state index contributed by atoms with van der Waals surface area (Å²) in [5, 5.41) is 6.81. The minimum absolute atomic E-state index is 0.0990. The number of nitrogens with one attached hydrogen (secondary N) is 1. The molecule has 4 rings (SSSR count). The zero-order valence-corrected chi connectivity index (χ0v) is 14.5. The molecule has 0 aliphatic heterocycles. The first kappa shape index (κ1) is 16.7. The van der Waals surface area contributed by atoms with Gasteiger partial charge in [-0.1, -0.05) is 36.4 Å². The van der Waals surface area contributed by atoms with E-state index in [1.807, 2.05) is 49.4 Å². The van der Waals surface area contributed by atoms with Gasteiger partial charge in [0.05, 0.1) is 11.4 Å². The molecule has 0 bridgehead atoms. The summed E-state index contributed by atoms with van der Waals surface area (Å²) < 4.78 is 6.78. The van der Waals surface area contributed by atoms with E-state index in [2.05, 4.69) is 15.2 Å². The highest BCUT2D eigenvalue weighted by molar-refractivity contribution is 5.88. The van der Waals surface area contributed by atoms with Gasteiger partial charge in [0.15, 0.2) is 0 Å². The van der Waals surface area contributed by atoms with Gasteiger partial charge < -0.3 is 4.74 Å². The maximum atomic E-state index is 12.3. The molecular weight excluding hydrogens is 344 g/mol. The first-order chi connectivity index (χ1) is 13.1. The number of aromatic nitrogens is 4. The van der Waals surface area contributed by atoms with Crippen LogP contribution in [0.25, 0.3) is 16.9 Å². The molecule has 0 saturated carbocycles. The van der Waals surface area contributed by atoms with Gasteiger partial charge in [-0.25, -0.2) is 9.78 Å². The minimum atomic E-state index is -0.559. The molecule has 0 radical (unpaired) electrons. The molecule has 134 valence electrons. The SMILES string of the molecule is Cc1cccc2nc(COC(=O)c3cc(-c4ccccc4)n[nH]3)cc(=O)n12. The molecule has 0 spiro atoms. The molecule has 3 aromatic heterocycles. The van der Waals surface area contributed by atoms with Gasteiger partial charge in [-0.05, 0) is 25.1 Å². The van der Waals surface area contributed by atoms with Crippen LogP contribution >= 0.6 is 0 Å². The van der Waals surface area contributed by atoms with E-state index in [0.29, 0.717) is 17.0 Å². The van der Waals surface area contributed by atoms with Crippen LogP contribution in [-0.4, -0.2) is 25.6 Å². The fourth-order valence-electron chi connectivity index (χ4n) is 2.84. The fraction of sp³-hybridized carbons (Fsp3) is 0.100. The van der Waals surface area contributed by atoms with Gasteiger partial charge in [-0.15, -0.1) is 0 Å². The van der Waals surface area contributed by atoms with Crippen molar-refractivity contribution >= 4 is 11.6 Å². The summed E-state index contributed by atoms with van der Waals surface area (Å²) in [5.74, 6) is -0.559. The summed E-state index contributed by atoms with van der Waals surface area (Å²) in [4.78, 5) is 28.9. The standard InChI is InChI=1S/C20H16N4O3/c1-13-6-5-9-18-21-15(10-19(25)24(13)18)12-27-20(26)17-11-16(22-23-17)14-7-3-2-4-8-14/h2-11H,12H2,1H3,(H,22,23). The summed E-state index contributed by atoms with van der Waals surface area (Å²) in [7, 11) is 0. The van der Waals surface area contributed by atoms with Crippen molar-refractivity contribution < 1.29 is 9.53 Å². The van der Waals surface area contributed by atoms with Crippen molar-refractivity contribution in [1.82, 2.24) is 19.6 Å². The molecule has 3 heterocycles. The third kappa shape index (κ3) is 3.35. The quantitative estimate of drug-likeness (QED) is 0.565.